The molecule has 0 aliphatic heterocycles. The fourth-order valence-electron chi connectivity index (χ4n) is 2.15. The Balaban J connectivity index is 1.90. The highest BCUT2D eigenvalue weighted by molar-refractivity contribution is 9.10. The van der Waals surface area contributed by atoms with Crippen molar-refractivity contribution in [3.63, 3.8) is 0 Å². The molecule has 3 heteroatoms. The van der Waals surface area contributed by atoms with Crippen LogP contribution >= 0.6 is 43.2 Å². The Morgan fingerprint density at radius 3 is 2.58 bits per heavy atom. The lowest BCUT2D eigenvalue weighted by atomic mass is 10.0. The SMILES string of the molecule is Brc1ccc2cc(C(Br)Cc3cccs3)ccc2c1. The molecule has 19 heavy (non-hydrogen) atoms. The zero-order chi connectivity index (χ0) is 13.2. The summed E-state index contributed by atoms with van der Waals surface area (Å²) in [7, 11) is 0. The van der Waals surface area contributed by atoms with E-state index in [-0.39, 0.29) is 0 Å². The molecule has 0 aliphatic carbocycles. The standard InChI is InChI=1S/C16H12Br2S/c17-14-6-5-11-8-13(4-3-12(11)9-14)16(18)10-15-2-1-7-19-15/h1-9,16H,10H2. The van der Waals surface area contributed by atoms with Gasteiger partial charge in [-0.25, -0.2) is 0 Å². The lowest BCUT2D eigenvalue weighted by molar-refractivity contribution is 0.971. The van der Waals surface area contributed by atoms with Crippen molar-refractivity contribution in [1.82, 2.24) is 0 Å². The lowest BCUT2D eigenvalue weighted by Crippen LogP contribution is -1.93. The van der Waals surface area contributed by atoms with Crippen molar-refractivity contribution in [2.45, 2.75) is 11.2 Å². The van der Waals surface area contributed by atoms with Gasteiger partial charge in [0.2, 0.25) is 0 Å². The van der Waals surface area contributed by atoms with E-state index in [9.17, 15) is 0 Å². The van der Waals surface area contributed by atoms with E-state index < -0.39 is 0 Å². The maximum Gasteiger partial charge on any atom is 0.0443 e. The van der Waals surface area contributed by atoms with Crippen molar-refractivity contribution >= 4 is 54.0 Å². The first kappa shape index (κ1) is 13.3. The summed E-state index contributed by atoms with van der Waals surface area (Å²) in [5.41, 5.74) is 1.34. The predicted octanol–water partition coefficient (Wildman–Crippen LogP) is 6.34. The van der Waals surface area contributed by atoms with E-state index in [2.05, 4.69) is 85.8 Å². The molecule has 0 nitrogen and oxygen atoms in total. The topological polar surface area (TPSA) is 0 Å². The van der Waals surface area contributed by atoms with Crippen molar-refractivity contribution in [2.24, 2.45) is 0 Å². The average Bonchev–Trinajstić information content (AvgIpc) is 2.91. The molecule has 0 aliphatic rings. The van der Waals surface area contributed by atoms with Crippen LogP contribution in [0.5, 0.6) is 0 Å². The summed E-state index contributed by atoms with van der Waals surface area (Å²) in [6, 6.07) is 17.4. The van der Waals surface area contributed by atoms with Gasteiger partial charge in [-0.2, -0.15) is 0 Å². The quantitative estimate of drug-likeness (QED) is 0.453. The maximum atomic E-state index is 3.81. The van der Waals surface area contributed by atoms with E-state index in [0.717, 1.165) is 10.9 Å². The molecule has 1 unspecified atom stereocenters. The molecule has 0 saturated carbocycles. The number of fused-ring (bicyclic) bond motifs is 1. The van der Waals surface area contributed by atoms with Gasteiger partial charge in [0.25, 0.3) is 0 Å². The first-order chi connectivity index (χ1) is 9.22. The fraction of sp³-hybridized carbons (Fsp3) is 0.125. The van der Waals surface area contributed by atoms with Crippen LogP contribution in [0.1, 0.15) is 15.3 Å². The summed E-state index contributed by atoms with van der Waals surface area (Å²) < 4.78 is 1.13. The van der Waals surface area contributed by atoms with Crippen molar-refractivity contribution in [1.29, 1.82) is 0 Å². The van der Waals surface area contributed by atoms with Gasteiger partial charge >= 0.3 is 0 Å². The highest BCUT2D eigenvalue weighted by Gasteiger charge is 2.09. The van der Waals surface area contributed by atoms with Crippen molar-refractivity contribution in [2.75, 3.05) is 0 Å². The van der Waals surface area contributed by atoms with Gasteiger partial charge in [0.15, 0.2) is 0 Å². The van der Waals surface area contributed by atoms with E-state index in [0.29, 0.717) is 4.83 Å². The smallest absolute Gasteiger partial charge is 0.0443 e. The van der Waals surface area contributed by atoms with Gasteiger partial charge in [0.05, 0.1) is 0 Å². The Labute approximate surface area is 133 Å². The number of alkyl halides is 1. The second kappa shape index (κ2) is 5.78. The van der Waals surface area contributed by atoms with E-state index in [1.807, 2.05) is 11.3 Å². The Hall–Kier alpha value is -0.640. The molecule has 0 radical (unpaired) electrons. The van der Waals surface area contributed by atoms with Crippen LogP contribution < -0.4 is 0 Å². The summed E-state index contributed by atoms with van der Waals surface area (Å²) in [5, 5.41) is 4.69. The van der Waals surface area contributed by atoms with Crippen LogP contribution in [0.25, 0.3) is 10.8 Å². The molecule has 96 valence electrons. The van der Waals surface area contributed by atoms with Crippen LogP contribution in [-0.2, 0) is 6.42 Å². The van der Waals surface area contributed by atoms with E-state index in [4.69, 9.17) is 0 Å². The molecule has 1 atom stereocenters. The normalized spacial score (nSPS) is 12.7. The van der Waals surface area contributed by atoms with Gasteiger partial charge < -0.3 is 0 Å². The second-order valence-corrected chi connectivity index (χ2v) is 7.56. The van der Waals surface area contributed by atoms with Crippen LogP contribution in [0.2, 0.25) is 0 Å². The largest absolute Gasteiger partial charge is 0.149 e. The van der Waals surface area contributed by atoms with Crippen molar-refractivity contribution in [3.8, 4) is 0 Å². The molecule has 3 aromatic rings. The summed E-state index contributed by atoms with van der Waals surface area (Å²) in [4.78, 5) is 1.79. The molecule has 0 spiro atoms. The Morgan fingerprint density at radius 2 is 1.79 bits per heavy atom. The van der Waals surface area contributed by atoms with Crippen LogP contribution in [-0.4, -0.2) is 0 Å². The first-order valence-corrected chi connectivity index (χ1v) is 8.67. The minimum Gasteiger partial charge on any atom is -0.149 e. The zero-order valence-electron chi connectivity index (χ0n) is 10.1. The Kier molecular flexibility index (Phi) is 4.06. The van der Waals surface area contributed by atoms with Gasteiger partial charge in [-0.05, 0) is 46.3 Å². The summed E-state index contributed by atoms with van der Waals surface area (Å²) >= 11 is 9.13. The molecule has 3 rings (SSSR count). The minimum atomic E-state index is 0.374. The Morgan fingerprint density at radius 1 is 1.00 bits per heavy atom. The van der Waals surface area contributed by atoms with E-state index in [1.54, 1.807) is 0 Å². The number of thiophene rings is 1. The lowest BCUT2D eigenvalue weighted by Gasteiger charge is -2.10. The first-order valence-electron chi connectivity index (χ1n) is 6.08. The summed E-state index contributed by atoms with van der Waals surface area (Å²) in [6.07, 6.45) is 1.04. The molecular formula is C16H12Br2S. The number of rotatable bonds is 3. The molecule has 0 bridgehead atoms. The summed E-state index contributed by atoms with van der Waals surface area (Å²) in [6.45, 7) is 0. The Bertz CT molecular complexity index is 689. The highest BCUT2D eigenvalue weighted by atomic mass is 79.9. The van der Waals surface area contributed by atoms with Crippen molar-refractivity contribution < 1.29 is 0 Å². The van der Waals surface area contributed by atoms with Crippen molar-refractivity contribution in [3.05, 3.63) is 68.8 Å². The third-order valence-electron chi connectivity index (χ3n) is 3.15. The van der Waals surface area contributed by atoms with Gasteiger partial charge in [-0.15, -0.1) is 11.3 Å². The molecule has 0 saturated heterocycles. The number of benzene rings is 2. The van der Waals surface area contributed by atoms with E-state index >= 15 is 0 Å². The van der Waals surface area contributed by atoms with Crippen LogP contribution in [0.3, 0.4) is 0 Å². The highest BCUT2D eigenvalue weighted by Crippen LogP contribution is 2.31. The predicted molar refractivity (Wildman–Crippen MR) is 91.3 cm³/mol. The molecule has 0 fully saturated rings. The number of hydrogen-bond donors (Lipinski definition) is 0. The monoisotopic (exact) mass is 394 g/mol. The molecule has 2 aromatic carbocycles. The molecular weight excluding hydrogens is 384 g/mol. The van der Waals surface area contributed by atoms with Gasteiger partial charge in [-0.3, -0.25) is 0 Å². The molecule has 0 amide bonds. The number of hydrogen-bond acceptors (Lipinski definition) is 1. The minimum absolute atomic E-state index is 0.374. The van der Waals surface area contributed by atoms with Gasteiger partial charge in [0, 0.05) is 14.2 Å². The molecule has 1 aromatic heterocycles. The molecule has 0 N–H and O–H groups in total. The maximum absolute atomic E-state index is 3.81. The van der Waals surface area contributed by atoms with Gasteiger partial charge in [0.1, 0.15) is 0 Å². The van der Waals surface area contributed by atoms with Crippen LogP contribution in [0.15, 0.2) is 58.4 Å². The summed E-state index contributed by atoms with van der Waals surface area (Å²) in [5.74, 6) is 0. The van der Waals surface area contributed by atoms with Crippen LogP contribution in [0.4, 0.5) is 0 Å². The number of halogens is 2. The van der Waals surface area contributed by atoms with E-state index in [1.165, 1.54) is 21.2 Å². The van der Waals surface area contributed by atoms with Crippen LogP contribution in [0, 0.1) is 0 Å². The fourth-order valence-corrected chi connectivity index (χ4v) is 4.13. The average molecular weight is 396 g/mol. The zero-order valence-corrected chi connectivity index (χ0v) is 14.1. The molecule has 1 heterocycles. The second-order valence-electron chi connectivity index (χ2n) is 4.50. The third-order valence-corrected chi connectivity index (χ3v) is 5.39. The third kappa shape index (κ3) is 3.10. The van der Waals surface area contributed by atoms with Gasteiger partial charge in [-0.1, -0.05) is 62.2 Å².